The van der Waals surface area contributed by atoms with E-state index < -0.39 is 6.10 Å². The molecule has 3 heteroatoms. The summed E-state index contributed by atoms with van der Waals surface area (Å²) >= 11 is 0. The fourth-order valence-electron chi connectivity index (χ4n) is 2.90. The van der Waals surface area contributed by atoms with Crippen molar-refractivity contribution in [1.29, 1.82) is 0 Å². The molecule has 2 aromatic rings. The van der Waals surface area contributed by atoms with E-state index in [0.29, 0.717) is 6.61 Å². The third-order valence-electron chi connectivity index (χ3n) is 3.90. The molecule has 0 aromatic heterocycles. The molecule has 2 atom stereocenters. The highest BCUT2D eigenvalue weighted by Crippen LogP contribution is 2.30. The second kappa shape index (κ2) is 6.66. The van der Waals surface area contributed by atoms with E-state index in [1.165, 1.54) is 5.56 Å². The normalized spacial score (nSPS) is 22.9. The smallest absolute Gasteiger partial charge is 0.150 e. The van der Waals surface area contributed by atoms with Crippen LogP contribution in [0.2, 0.25) is 0 Å². The zero-order valence-electron chi connectivity index (χ0n) is 11.9. The van der Waals surface area contributed by atoms with Crippen LogP contribution in [0.15, 0.2) is 60.7 Å². The van der Waals surface area contributed by atoms with Gasteiger partial charge < -0.3 is 9.53 Å². The first-order valence-electron chi connectivity index (χ1n) is 7.28. The number of benzene rings is 2. The molecule has 0 saturated carbocycles. The Morgan fingerprint density at radius 3 is 2.38 bits per heavy atom. The number of hydrogen-bond acceptors (Lipinski definition) is 3. The summed E-state index contributed by atoms with van der Waals surface area (Å²) in [6.45, 7) is 2.26. The first kappa shape index (κ1) is 14.0. The second-order valence-electron chi connectivity index (χ2n) is 5.28. The molecule has 0 aliphatic carbocycles. The Kier molecular flexibility index (Phi) is 4.43. The van der Waals surface area contributed by atoms with Gasteiger partial charge >= 0.3 is 0 Å². The summed E-state index contributed by atoms with van der Waals surface area (Å²) in [6.07, 6.45) is 0.527. The molecule has 0 radical (unpaired) electrons. The summed E-state index contributed by atoms with van der Waals surface area (Å²) in [5, 5.41) is 0. The minimum absolute atomic E-state index is 0.0161. The number of carbonyl (C=O) groups excluding carboxylic acids is 1. The molecule has 21 heavy (non-hydrogen) atoms. The monoisotopic (exact) mass is 281 g/mol. The molecule has 1 saturated heterocycles. The lowest BCUT2D eigenvalue weighted by molar-refractivity contribution is -0.131. The highest BCUT2D eigenvalue weighted by Gasteiger charge is 2.33. The molecule has 3 nitrogen and oxygen atoms in total. The first-order valence-corrected chi connectivity index (χ1v) is 7.28. The SMILES string of the molecule is O=CC1OCCN(Cc2ccccc2)[C@H]1c1ccccc1. The molecule has 1 aliphatic rings. The first-order chi connectivity index (χ1) is 10.4. The van der Waals surface area contributed by atoms with Crippen molar-refractivity contribution in [3.8, 4) is 0 Å². The Labute approximate surface area is 125 Å². The van der Waals surface area contributed by atoms with Crippen molar-refractivity contribution in [2.45, 2.75) is 18.7 Å². The topological polar surface area (TPSA) is 29.5 Å². The summed E-state index contributed by atoms with van der Waals surface area (Å²) in [4.78, 5) is 13.7. The van der Waals surface area contributed by atoms with Gasteiger partial charge in [0.25, 0.3) is 0 Å². The summed E-state index contributed by atoms with van der Waals surface area (Å²) in [5.74, 6) is 0. The van der Waals surface area contributed by atoms with Gasteiger partial charge in [0.15, 0.2) is 6.29 Å². The molecule has 2 aromatic carbocycles. The van der Waals surface area contributed by atoms with Gasteiger partial charge in [-0.2, -0.15) is 0 Å². The van der Waals surface area contributed by atoms with E-state index >= 15 is 0 Å². The predicted octanol–water partition coefficient (Wildman–Crippen LogP) is 2.83. The van der Waals surface area contributed by atoms with Crippen molar-refractivity contribution >= 4 is 6.29 Å². The summed E-state index contributed by atoms with van der Waals surface area (Å²) in [6, 6.07) is 20.5. The lowest BCUT2D eigenvalue weighted by Crippen LogP contribution is -2.45. The van der Waals surface area contributed by atoms with Crippen LogP contribution in [-0.2, 0) is 16.1 Å². The lowest BCUT2D eigenvalue weighted by atomic mass is 9.98. The largest absolute Gasteiger partial charge is 0.367 e. The van der Waals surface area contributed by atoms with Gasteiger partial charge in [-0.3, -0.25) is 4.90 Å². The zero-order valence-corrected chi connectivity index (χ0v) is 11.9. The Hall–Kier alpha value is -1.97. The molecule has 0 bridgehead atoms. The number of carbonyl (C=O) groups is 1. The standard InChI is InChI=1S/C18H19NO2/c20-14-17-18(16-9-5-2-6-10-16)19(11-12-21-17)13-15-7-3-1-4-8-15/h1-10,14,17-18H,11-13H2/t17?,18-/m0/s1. The fraction of sp³-hybridized carbons (Fsp3) is 0.278. The van der Waals surface area contributed by atoms with Crippen LogP contribution in [0.5, 0.6) is 0 Å². The Bertz CT molecular complexity index is 570. The second-order valence-corrected chi connectivity index (χ2v) is 5.28. The van der Waals surface area contributed by atoms with E-state index in [4.69, 9.17) is 4.74 Å². The molecule has 0 spiro atoms. The third-order valence-corrected chi connectivity index (χ3v) is 3.90. The molecule has 108 valence electrons. The minimum atomic E-state index is -0.398. The van der Waals surface area contributed by atoms with E-state index in [9.17, 15) is 4.79 Å². The van der Waals surface area contributed by atoms with Crippen LogP contribution in [0.4, 0.5) is 0 Å². The predicted molar refractivity (Wildman–Crippen MR) is 81.8 cm³/mol. The van der Waals surface area contributed by atoms with Gasteiger partial charge in [-0.05, 0) is 11.1 Å². The summed E-state index contributed by atoms with van der Waals surface area (Å²) < 4.78 is 5.65. The number of nitrogens with zero attached hydrogens (tertiary/aromatic N) is 1. The molecular weight excluding hydrogens is 262 g/mol. The molecule has 1 heterocycles. The maximum absolute atomic E-state index is 11.4. The molecule has 1 unspecified atom stereocenters. The van der Waals surface area contributed by atoms with E-state index in [0.717, 1.165) is 24.9 Å². The Morgan fingerprint density at radius 1 is 1.05 bits per heavy atom. The average Bonchev–Trinajstić information content (AvgIpc) is 2.56. The highest BCUT2D eigenvalue weighted by atomic mass is 16.5. The molecule has 0 amide bonds. The van der Waals surface area contributed by atoms with E-state index in [2.05, 4.69) is 29.2 Å². The number of rotatable bonds is 4. The quantitative estimate of drug-likeness (QED) is 0.807. The number of morpholine rings is 1. The van der Waals surface area contributed by atoms with Crippen molar-refractivity contribution < 1.29 is 9.53 Å². The molecule has 1 fully saturated rings. The highest BCUT2D eigenvalue weighted by molar-refractivity contribution is 5.58. The number of aldehydes is 1. The minimum Gasteiger partial charge on any atom is -0.367 e. The van der Waals surface area contributed by atoms with Crippen LogP contribution in [0, 0.1) is 0 Å². The van der Waals surface area contributed by atoms with E-state index in [-0.39, 0.29) is 6.04 Å². The average molecular weight is 281 g/mol. The maximum Gasteiger partial charge on any atom is 0.150 e. The summed E-state index contributed by atoms with van der Waals surface area (Å²) in [5.41, 5.74) is 2.38. The van der Waals surface area contributed by atoms with Gasteiger partial charge in [-0.15, -0.1) is 0 Å². The van der Waals surface area contributed by atoms with Crippen molar-refractivity contribution in [3.05, 3.63) is 71.8 Å². The van der Waals surface area contributed by atoms with Gasteiger partial charge in [0.1, 0.15) is 6.10 Å². The fourth-order valence-corrected chi connectivity index (χ4v) is 2.90. The van der Waals surface area contributed by atoms with E-state index in [1.807, 2.05) is 36.4 Å². The summed E-state index contributed by atoms with van der Waals surface area (Å²) in [7, 11) is 0. The van der Waals surface area contributed by atoms with Gasteiger partial charge in [0.2, 0.25) is 0 Å². The van der Waals surface area contributed by atoms with Gasteiger partial charge in [0, 0.05) is 13.1 Å². The van der Waals surface area contributed by atoms with Gasteiger partial charge in [0.05, 0.1) is 12.6 Å². The van der Waals surface area contributed by atoms with Crippen molar-refractivity contribution in [1.82, 2.24) is 4.90 Å². The Balaban J connectivity index is 1.87. The zero-order chi connectivity index (χ0) is 14.5. The van der Waals surface area contributed by atoms with Crippen LogP contribution in [0.1, 0.15) is 17.2 Å². The molecule has 1 aliphatic heterocycles. The third kappa shape index (κ3) is 3.20. The Morgan fingerprint density at radius 2 is 1.71 bits per heavy atom. The van der Waals surface area contributed by atoms with Crippen LogP contribution < -0.4 is 0 Å². The maximum atomic E-state index is 11.4. The molecular formula is C18H19NO2. The number of ether oxygens (including phenoxy) is 1. The van der Waals surface area contributed by atoms with Crippen LogP contribution in [0.25, 0.3) is 0 Å². The van der Waals surface area contributed by atoms with Crippen molar-refractivity contribution in [2.24, 2.45) is 0 Å². The number of hydrogen-bond donors (Lipinski definition) is 0. The van der Waals surface area contributed by atoms with Crippen LogP contribution in [0.3, 0.4) is 0 Å². The van der Waals surface area contributed by atoms with Crippen molar-refractivity contribution in [3.63, 3.8) is 0 Å². The van der Waals surface area contributed by atoms with Crippen LogP contribution in [-0.4, -0.2) is 30.4 Å². The lowest BCUT2D eigenvalue weighted by Gasteiger charge is -2.39. The van der Waals surface area contributed by atoms with Gasteiger partial charge in [-0.25, -0.2) is 0 Å². The molecule has 0 N–H and O–H groups in total. The molecule has 3 rings (SSSR count). The van der Waals surface area contributed by atoms with Crippen LogP contribution >= 0.6 is 0 Å². The van der Waals surface area contributed by atoms with E-state index in [1.54, 1.807) is 0 Å². The van der Waals surface area contributed by atoms with Crippen molar-refractivity contribution in [2.75, 3.05) is 13.2 Å². The van der Waals surface area contributed by atoms with Gasteiger partial charge in [-0.1, -0.05) is 60.7 Å².